The second-order valence-corrected chi connectivity index (χ2v) is 5.15. The molecule has 0 bridgehead atoms. The van der Waals surface area contributed by atoms with Gasteiger partial charge in [-0.1, -0.05) is 11.6 Å². The van der Waals surface area contributed by atoms with Gasteiger partial charge in [0, 0.05) is 23.2 Å². The first-order valence-electron chi connectivity index (χ1n) is 5.18. The van der Waals surface area contributed by atoms with E-state index in [0.717, 1.165) is 0 Å². The lowest BCUT2D eigenvalue weighted by atomic mass is 10.1. The fraction of sp³-hybridized carbons (Fsp3) is 0.273. The van der Waals surface area contributed by atoms with E-state index in [1.165, 1.54) is 11.8 Å². The second-order valence-electron chi connectivity index (χ2n) is 3.72. The Bertz CT molecular complexity index is 521. The minimum atomic E-state index is -1.17. The molecule has 0 aromatic heterocycles. The molecule has 1 unspecified atom stereocenters. The van der Waals surface area contributed by atoms with Gasteiger partial charge in [-0.05, 0) is 12.1 Å². The Hall–Kier alpha value is -1.24. The minimum absolute atomic E-state index is 0.111. The van der Waals surface area contributed by atoms with Crippen molar-refractivity contribution in [1.29, 1.82) is 0 Å². The van der Waals surface area contributed by atoms with Crippen molar-refractivity contribution in [2.24, 2.45) is 0 Å². The lowest BCUT2D eigenvalue weighted by molar-refractivity contribution is -0.123. The molecule has 1 aliphatic heterocycles. The van der Waals surface area contributed by atoms with Gasteiger partial charge >= 0.3 is 0 Å². The number of aliphatic hydroxyl groups is 1. The van der Waals surface area contributed by atoms with Gasteiger partial charge in [0.05, 0.1) is 10.8 Å². The van der Waals surface area contributed by atoms with Gasteiger partial charge < -0.3 is 15.7 Å². The Kier molecular flexibility index (Phi) is 3.79. The maximum atomic E-state index is 11.3. The molecule has 1 aromatic carbocycles. The number of benzene rings is 1. The summed E-state index contributed by atoms with van der Waals surface area (Å²) in [5.74, 6) is -0.332. The van der Waals surface area contributed by atoms with E-state index in [2.05, 4.69) is 10.6 Å². The van der Waals surface area contributed by atoms with Crippen LogP contribution in [0.4, 0.5) is 5.69 Å². The lowest BCUT2D eigenvalue weighted by Crippen LogP contribution is -2.19. The molecule has 0 spiro atoms. The average molecular weight is 287 g/mol. The van der Waals surface area contributed by atoms with Gasteiger partial charge in [-0.3, -0.25) is 9.59 Å². The fourth-order valence-corrected chi connectivity index (χ4v) is 2.74. The number of amides is 2. The summed E-state index contributed by atoms with van der Waals surface area (Å²) in [7, 11) is 1.56. The number of hydrogen-bond donors (Lipinski definition) is 3. The van der Waals surface area contributed by atoms with Crippen LogP contribution in [0.5, 0.6) is 0 Å². The van der Waals surface area contributed by atoms with E-state index in [-0.39, 0.29) is 11.7 Å². The van der Waals surface area contributed by atoms with Gasteiger partial charge in [0.2, 0.25) is 5.91 Å². The summed E-state index contributed by atoms with van der Waals surface area (Å²) in [5, 5.41) is 15.1. The highest BCUT2D eigenvalue weighted by Gasteiger charge is 2.29. The zero-order valence-corrected chi connectivity index (χ0v) is 11.1. The van der Waals surface area contributed by atoms with Crippen molar-refractivity contribution in [1.82, 2.24) is 5.32 Å². The van der Waals surface area contributed by atoms with E-state index >= 15 is 0 Å². The number of rotatable bonds is 3. The van der Waals surface area contributed by atoms with Crippen molar-refractivity contribution in [3.05, 3.63) is 22.7 Å². The Labute approximate surface area is 113 Å². The molecule has 96 valence electrons. The van der Waals surface area contributed by atoms with Crippen molar-refractivity contribution >= 4 is 40.9 Å². The summed E-state index contributed by atoms with van der Waals surface area (Å²) in [6, 6.07) is 3.21. The number of hydrogen-bond acceptors (Lipinski definition) is 4. The number of thioether (sulfide) groups is 1. The molecule has 5 nitrogen and oxygen atoms in total. The second kappa shape index (κ2) is 5.17. The van der Waals surface area contributed by atoms with Crippen LogP contribution in [0.1, 0.15) is 11.7 Å². The van der Waals surface area contributed by atoms with Crippen LogP contribution in [0, 0.1) is 0 Å². The Morgan fingerprint density at radius 3 is 3.00 bits per heavy atom. The highest BCUT2D eigenvalue weighted by Crippen LogP contribution is 2.38. The van der Waals surface area contributed by atoms with Crippen LogP contribution >= 0.6 is 23.4 Å². The molecule has 3 N–H and O–H groups in total. The summed E-state index contributed by atoms with van der Waals surface area (Å²) in [6.45, 7) is 0. The molecule has 0 saturated heterocycles. The smallest absolute Gasteiger partial charge is 0.257 e. The Balaban J connectivity index is 2.22. The number of fused-ring (bicyclic) bond motifs is 1. The number of aliphatic hydroxyl groups excluding tert-OH is 1. The first-order chi connectivity index (χ1) is 8.52. The first-order valence-corrected chi connectivity index (χ1v) is 6.55. The van der Waals surface area contributed by atoms with E-state index in [1.807, 2.05) is 0 Å². The van der Waals surface area contributed by atoms with Crippen LogP contribution in [0.3, 0.4) is 0 Å². The van der Waals surface area contributed by atoms with Gasteiger partial charge in [-0.25, -0.2) is 0 Å². The van der Waals surface area contributed by atoms with Crippen molar-refractivity contribution in [3.8, 4) is 0 Å². The molecule has 7 heteroatoms. The standard InChI is InChI=1S/C11H11ClN2O3S/c1-13-9(15)4-18-8-3-7-5(2-6(8)12)10(16)11(17)14-7/h2-3,10,16H,4H2,1H3,(H,13,15)(H,14,17). The normalized spacial score (nSPS) is 17.3. The van der Waals surface area contributed by atoms with Crippen LogP contribution in [-0.2, 0) is 9.59 Å². The SMILES string of the molecule is CNC(=O)CSc1cc2c(cc1Cl)C(O)C(=O)N2. The molecule has 1 aliphatic rings. The molecule has 0 aliphatic carbocycles. The zero-order chi connectivity index (χ0) is 13.3. The molecule has 0 saturated carbocycles. The van der Waals surface area contributed by atoms with E-state index in [4.69, 9.17) is 11.6 Å². The summed E-state index contributed by atoms with van der Waals surface area (Å²) in [4.78, 5) is 23.1. The Morgan fingerprint density at radius 1 is 1.61 bits per heavy atom. The molecule has 1 atom stereocenters. The Morgan fingerprint density at radius 2 is 2.33 bits per heavy atom. The molecule has 2 rings (SSSR count). The highest BCUT2D eigenvalue weighted by atomic mass is 35.5. The predicted octanol–water partition coefficient (Wildman–Crippen LogP) is 1.16. The number of carbonyl (C=O) groups is 2. The van der Waals surface area contributed by atoms with Crippen LogP contribution in [0.2, 0.25) is 5.02 Å². The van der Waals surface area contributed by atoms with E-state index in [0.29, 0.717) is 21.2 Å². The topological polar surface area (TPSA) is 78.4 Å². The number of carbonyl (C=O) groups excluding carboxylic acids is 2. The van der Waals surface area contributed by atoms with Gasteiger partial charge in [0.1, 0.15) is 0 Å². The third kappa shape index (κ3) is 2.45. The molecule has 0 radical (unpaired) electrons. The fourth-order valence-electron chi connectivity index (χ4n) is 1.57. The summed E-state index contributed by atoms with van der Waals surface area (Å²) < 4.78 is 0. The maximum absolute atomic E-state index is 11.3. The van der Waals surface area contributed by atoms with Crippen LogP contribution < -0.4 is 10.6 Å². The van der Waals surface area contributed by atoms with Crippen molar-refractivity contribution in [2.75, 3.05) is 18.1 Å². The monoisotopic (exact) mass is 286 g/mol. The van der Waals surface area contributed by atoms with Crippen LogP contribution in [0.25, 0.3) is 0 Å². The van der Waals surface area contributed by atoms with E-state index < -0.39 is 12.0 Å². The summed E-state index contributed by atoms with van der Waals surface area (Å²) in [6.07, 6.45) is -1.17. The van der Waals surface area contributed by atoms with Crippen LogP contribution in [-0.4, -0.2) is 29.7 Å². The molecule has 1 heterocycles. The number of anilines is 1. The largest absolute Gasteiger partial charge is 0.378 e. The van der Waals surface area contributed by atoms with Gasteiger partial charge in [-0.2, -0.15) is 0 Å². The number of halogens is 1. The van der Waals surface area contributed by atoms with Crippen molar-refractivity contribution in [3.63, 3.8) is 0 Å². The third-order valence-corrected chi connectivity index (χ3v) is 4.02. The van der Waals surface area contributed by atoms with Crippen molar-refractivity contribution < 1.29 is 14.7 Å². The molecule has 18 heavy (non-hydrogen) atoms. The summed E-state index contributed by atoms with van der Waals surface area (Å²) >= 11 is 7.32. The van der Waals surface area contributed by atoms with Crippen LogP contribution in [0.15, 0.2) is 17.0 Å². The minimum Gasteiger partial charge on any atom is -0.378 e. The first kappa shape index (κ1) is 13.2. The number of nitrogens with one attached hydrogen (secondary N) is 2. The van der Waals surface area contributed by atoms with Crippen molar-refractivity contribution in [2.45, 2.75) is 11.0 Å². The molecule has 2 amide bonds. The quantitative estimate of drug-likeness (QED) is 0.729. The maximum Gasteiger partial charge on any atom is 0.257 e. The predicted molar refractivity (Wildman–Crippen MR) is 69.8 cm³/mol. The molecule has 0 fully saturated rings. The third-order valence-electron chi connectivity index (χ3n) is 2.54. The van der Waals surface area contributed by atoms with Gasteiger partial charge in [0.25, 0.3) is 5.91 Å². The lowest BCUT2D eigenvalue weighted by Gasteiger charge is -2.07. The van der Waals surface area contributed by atoms with Gasteiger partial charge in [-0.15, -0.1) is 11.8 Å². The zero-order valence-electron chi connectivity index (χ0n) is 9.49. The molecular weight excluding hydrogens is 276 g/mol. The highest BCUT2D eigenvalue weighted by molar-refractivity contribution is 8.00. The molecular formula is C11H11ClN2O3S. The van der Waals surface area contributed by atoms with E-state index in [9.17, 15) is 14.7 Å². The average Bonchev–Trinajstić information content (AvgIpc) is 2.62. The molecule has 1 aromatic rings. The van der Waals surface area contributed by atoms with Gasteiger partial charge in [0.15, 0.2) is 6.10 Å². The van der Waals surface area contributed by atoms with E-state index in [1.54, 1.807) is 19.2 Å². The summed E-state index contributed by atoms with van der Waals surface area (Å²) in [5.41, 5.74) is 1.01.